The molecule has 3 aromatic carbocycles. The minimum absolute atomic E-state index is 0.166. The minimum Gasteiger partial charge on any atom is -0.478 e. The van der Waals surface area contributed by atoms with Gasteiger partial charge in [-0.1, -0.05) is 41.4 Å². The molecule has 1 aromatic heterocycles. The average Bonchev–Trinajstić information content (AvgIpc) is 2.80. The van der Waals surface area contributed by atoms with Gasteiger partial charge in [0.2, 0.25) is 11.2 Å². The number of para-hydroxylation sites is 1. The Hall–Kier alpha value is -2.51. The van der Waals surface area contributed by atoms with Crippen molar-refractivity contribution in [2.75, 3.05) is 6.73 Å². The highest BCUT2D eigenvalue weighted by Gasteiger charge is 2.24. The molecule has 0 bridgehead atoms. The summed E-state index contributed by atoms with van der Waals surface area (Å²) in [6.45, 7) is 3.30. The van der Waals surface area contributed by atoms with Crippen molar-refractivity contribution in [3.8, 4) is 17.2 Å². The zero-order valence-corrected chi connectivity index (χ0v) is 20.6. The SMILES string of the molecule is Cc1oc2c3c(ccc2c(=O)c1Oc1ccccc1Br)OCN(Cc1ccc(Cl)c(Cl)c1)C3. The van der Waals surface area contributed by atoms with E-state index in [1.54, 1.807) is 25.1 Å². The lowest BCUT2D eigenvalue weighted by atomic mass is 10.1. The van der Waals surface area contributed by atoms with E-state index < -0.39 is 0 Å². The minimum atomic E-state index is -0.228. The number of hydrogen-bond acceptors (Lipinski definition) is 5. The quantitative estimate of drug-likeness (QED) is 0.268. The normalized spacial score (nSPS) is 13.6. The monoisotopic (exact) mass is 545 g/mol. The first-order chi connectivity index (χ1) is 15.9. The molecule has 33 heavy (non-hydrogen) atoms. The topological polar surface area (TPSA) is 51.9 Å². The fraction of sp³-hybridized carbons (Fsp3) is 0.160. The maximum atomic E-state index is 13.3. The predicted molar refractivity (Wildman–Crippen MR) is 133 cm³/mol. The van der Waals surface area contributed by atoms with Gasteiger partial charge >= 0.3 is 0 Å². The Bertz CT molecular complexity index is 1440. The lowest BCUT2D eigenvalue weighted by Gasteiger charge is -2.29. The molecule has 0 radical (unpaired) electrons. The smallest absolute Gasteiger partial charge is 0.235 e. The predicted octanol–water partition coefficient (Wildman–Crippen LogP) is 7.32. The summed E-state index contributed by atoms with van der Waals surface area (Å²) in [6, 6.07) is 16.4. The Kier molecular flexibility index (Phi) is 6.10. The second kappa shape index (κ2) is 9.03. The molecule has 0 fully saturated rings. The van der Waals surface area contributed by atoms with Gasteiger partial charge in [-0.05, 0) is 64.8 Å². The summed E-state index contributed by atoms with van der Waals surface area (Å²) in [5.74, 6) is 1.81. The first-order valence-electron chi connectivity index (χ1n) is 10.2. The highest BCUT2D eigenvalue weighted by molar-refractivity contribution is 9.10. The number of ether oxygens (including phenoxy) is 2. The van der Waals surface area contributed by atoms with E-state index in [0.717, 1.165) is 15.6 Å². The summed E-state index contributed by atoms with van der Waals surface area (Å²) >= 11 is 15.6. The van der Waals surface area contributed by atoms with E-state index in [9.17, 15) is 4.79 Å². The summed E-state index contributed by atoms with van der Waals surface area (Å²) in [7, 11) is 0. The molecule has 4 aromatic rings. The number of halogens is 3. The molecule has 0 aliphatic carbocycles. The Morgan fingerprint density at radius 2 is 1.91 bits per heavy atom. The molecule has 168 valence electrons. The summed E-state index contributed by atoms with van der Waals surface area (Å²) in [5.41, 5.74) is 2.12. The molecule has 0 saturated heterocycles. The zero-order chi connectivity index (χ0) is 23.1. The first-order valence-corrected chi connectivity index (χ1v) is 11.8. The summed E-state index contributed by atoms with van der Waals surface area (Å²) < 4.78 is 18.8. The maximum absolute atomic E-state index is 13.3. The Morgan fingerprint density at radius 3 is 2.70 bits per heavy atom. The van der Waals surface area contributed by atoms with Gasteiger partial charge in [0.25, 0.3) is 0 Å². The van der Waals surface area contributed by atoms with Crippen LogP contribution in [-0.4, -0.2) is 11.6 Å². The van der Waals surface area contributed by atoms with E-state index in [2.05, 4.69) is 20.8 Å². The van der Waals surface area contributed by atoms with Crippen molar-refractivity contribution in [3.05, 3.63) is 96.2 Å². The fourth-order valence-corrected chi connectivity index (χ4v) is 4.54. The summed E-state index contributed by atoms with van der Waals surface area (Å²) in [4.78, 5) is 15.4. The molecular weight excluding hydrogens is 529 g/mol. The van der Waals surface area contributed by atoms with Gasteiger partial charge in [-0.25, -0.2) is 0 Å². The molecule has 0 atom stereocenters. The Labute approximate surface area is 208 Å². The standard InChI is InChI=1S/C25H18BrCl2NO4/c1-14-24(33-22-5-3-2-4-18(22)26)23(30)16-7-9-21-17(25(16)32-14)12-29(13-31-21)11-15-6-8-19(27)20(28)10-15/h2-10H,11-13H2,1H3. The number of benzene rings is 3. The second-order valence-electron chi connectivity index (χ2n) is 7.78. The number of hydrogen-bond donors (Lipinski definition) is 0. The van der Waals surface area contributed by atoms with E-state index in [-0.39, 0.29) is 11.2 Å². The lowest BCUT2D eigenvalue weighted by molar-refractivity contribution is 0.0889. The van der Waals surface area contributed by atoms with E-state index in [1.165, 1.54) is 0 Å². The highest BCUT2D eigenvalue weighted by atomic mass is 79.9. The lowest BCUT2D eigenvalue weighted by Crippen LogP contribution is -2.31. The third kappa shape index (κ3) is 4.36. The fourth-order valence-electron chi connectivity index (χ4n) is 3.86. The van der Waals surface area contributed by atoms with Crippen LogP contribution in [0.1, 0.15) is 16.9 Å². The summed E-state index contributed by atoms with van der Waals surface area (Å²) in [5, 5.41) is 1.47. The van der Waals surface area contributed by atoms with Crippen molar-refractivity contribution in [1.82, 2.24) is 4.90 Å². The number of nitrogens with zero attached hydrogens (tertiary/aromatic N) is 1. The summed E-state index contributed by atoms with van der Waals surface area (Å²) in [6.07, 6.45) is 0. The molecule has 0 unspecified atom stereocenters. The zero-order valence-electron chi connectivity index (χ0n) is 17.5. The van der Waals surface area contributed by atoms with Gasteiger partial charge in [0.1, 0.15) is 29.6 Å². The number of aryl methyl sites for hydroxylation is 1. The van der Waals surface area contributed by atoms with Crippen LogP contribution in [0.2, 0.25) is 10.0 Å². The van der Waals surface area contributed by atoms with Gasteiger partial charge in [0, 0.05) is 13.1 Å². The molecule has 0 N–H and O–H groups in total. The van der Waals surface area contributed by atoms with Gasteiger partial charge < -0.3 is 13.9 Å². The Balaban J connectivity index is 1.50. The van der Waals surface area contributed by atoms with E-state index in [4.69, 9.17) is 37.1 Å². The maximum Gasteiger partial charge on any atom is 0.235 e. The van der Waals surface area contributed by atoms with Gasteiger partial charge in [-0.15, -0.1) is 0 Å². The highest BCUT2D eigenvalue weighted by Crippen LogP contribution is 2.36. The largest absolute Gasteiger partial charge is 0.478 e. The van der Waals surface area contributed by atoms with Gasteiger partial charge in [0.15, 0.2) is 0 Å². The van der Waals surface area contributed by atoms with Crippen LogP contribution in [0.15, 0.2) is 68.3 Å². The third-order valence-corrected chi connectivity index (χ3v) is 6.86. The van der Waals surface area contributed by atoms with Crippen molar-refractivity contribution in [3.63, 3.8) is 0 Å². The van der Waals surface area contributed by atoms with Crippen LogP contribution in [0.5, 0.6) is 17.2 Å². The second-order valence-corrected chi connectivity index (χ2v) is 9.45. The van der Waals surface area contributed by atoms with Crippen molar-refractivity contribution in [2.45, 2.75) is 20.0 Å². The molecule has 8 heteroatoms. The van der Waals surface area contributed by atoms with Crippen LogP contribution in [0.25, 0.3) is 11.0 Å². The molecule has 0 amide bonds. The number of fused-ring (bicyclic) bond motifs is 3. The van der Waals surface area contributed by atoms with Crippen LogP contribution < -0.4 is 14.9 Å². The van der Waals surface area contributed by atoms with Crippen LogP contribution in [0, 0.1) is 6.92 Å². The van der Waals surface area contributed by atoms with Crippen LogP contribution in [0.3, 0.4) is 0 Å². The molecule has 0 spiro atoms. The molecule has 5 nitrogen and oxygen atoms in total. The van der Waals surface area contributed by atoms with Gasteiger partial charge in [-0.2, -0.15) is 0 Å². The van der Waals surface area contributed by atoms with Gasteiger partial charge in [-0.3, -0.25) is 9.69 Å². The van der Waals surface area contributed by atoms with E-state index in [1.807, 2.05) is 36.4 Å². The first kappa shape index (κ1) is 22.3. The van der Waals surface area contributed by atoms with Gasteiger partial charge in [0.05, 0.1) is 25.5 Å². The molecule has 1 aliphatic rings. The molecule has 1 aliphatic heterocycles. The van der Waals surface area contributed by atoms with Crippen molar-refractivity contribution in [1.29, 1.82) is 0 Å². The van der Waals surface area contributed by atoms with Crippen molar-refractivity contribution < 1.29 is 13.9 Å². The molecule has 0 saturated carbocycles. The number of rotatable bonds is 4. The van der Waals surface area contributed by atoms with E-state index >= 15 is 0 Å². The third-order valence-electron chi connectivity index (χ3n) is 5.47. The average molecular weight is 547 g/mol. The molecule has 2 heterocycles. The molecule has 5 rings (SSSR count). The van der Waals surface area contributed by atoms with Crippen LogP contribution in [-0.2, 0) is 13.1 Å². The van der Waals surface area contributed by atoms with Crippen molar-refractivity contribution >= 4 is 50.1 Å². The van der Waals surface area contributed by atoms with Crippen molar-refractivity contribution in [2.24, 2.45) is 0 Å². The van der Waals surface area contributed by atoms with Crippen LogP contribution in [0.4, 0.5) is 0 Å². The van der Waals surface area contributed by atoms with E-state index in [0.29, 0.717) is 58.1 Å². The molecular formula is C25H18BrCl2NO4. The Morgan fingerprint density at radius 1 is 1.09 bits per heavy atom. The van der Waals surface area contributed by atoms with Crippen LogP contribution >= 0.6 is 39.1 Å².